The molecular weight excluding hydrogens is 162 g/mol. The van der Waals surface area contributed by atoms with E-state index in [4.69, 9.17) is 5.84 Å². The molecule has 68 valence electrons. The van der Waals surface area contributed by atoms with E-state index in [0.29, 0.717) is 5.84 Å². The second-order valence-corrected chi connectivity index (χ2v) is 2.68. The minimum atomic E-state index is 0.559. The van der Waals surface area contributed by atoms with Crippen molar-refractivity contribution in [2.24, 2.45) is 10.8 Å². The van der Waals surface area contributed by atoms with Gasteiger partial charge < -0.3 is 5.43 Å². The smallest absolute Gasteiger partial charge is 0.139 e. The van der Waals surface area contributed by atoms with Crippen LogP contribution in [0.3, 0.4) is 0 Å². The van der Waals surface area contributed by atoms with Crippen LogP contribution in [0.2, 0.25) is 0 Å². The summed E-state index contributed by atoms with van der Waals surface area (Å²) in [5.41, 5.74) is 4.51. The molecule has 0 saturated carbocycles. The lowest BCUT2D eigenvalue weighted by molar-refractivity contribution is 1.03. The third kappa shape index (κ3) is 2.72. The number of hydrogen-bond donors (Lipinski definition) is 2. The molecule has 0 radical (unpaired) electrons. The number of nitrogens with zero attached hydrogens (tertiary/aromatic N) is 1. The van der Waals surface area contributed by atoms with Gasteiger partial charge in [-0.15, -0.1) is 0 Å². The van der Waals surface area contributed by atoms with Crippen molar-refractivity contribution in [3.05, 3.63) is 42.5 Å². The number of benzene rings is 1. The maximum atomic E-state index is 5.21. The van der Waals surface area contributed by atoms with Gasteiger partial charge in [0.05, 0.1) is 5.69 Å². The molecular formula is C10H13N3. The summed E-state index contributed by atoms with van der Waals surface area (Å²) < 4.78 is 0. The zero-order valence-electron chi connectivity index (χ0n) is 7.62. The van der Waals surface area contributed by atoms with Gasteiger partial charge in [-0.05, 0) is 25.1 Å². The lowest BCUT2D eigenvalue weighted by atomic mass is 10.2. The summed E-state index contributed by atoms with van der Waals surface area (Å²) >= 11 is 0. The van der Waals surface area contributed by atoms with Crippen molar-refractivity contribution in [1.82, 2.24) is 5.43 Å². The van der Waals surface area contributed by atoms with E-state index in [1.165, 1.54) is 5.56 Å². The highest BCUT2D eigenvalue weighted by atomic mass is 15.2. The number of nitrogens with one attached hydrogen (secondary N) is 1. The van der Waals surface area contributed by atoms with Gasteiger partial charge in [0.2, 0.25) is 0 Å². The van der Waals surface area contributed by atoms with E-state index in [1.807, 2.05) is 31.2 Å². The highest BCUT2D eigenvalue weighted by Gasteiger charge is 1.90. The molecule has 1 aromatic rings. The van der Waals surface area contributed by atoms with Gasteiger partial charge in [0.15, 0.2) is 0 Å². The molecule has 0 bridgehead atoms. The van der Waals surface area contributed by atoms with Crippen molar-refractivity contribution in [2.45, 2.75) is 6.92 Å². The van der Waals surface area contributed by atoms with Gasteiger partial charge in [0, 0.05) is 0 Å². The fraction of sp³-hybridized carbons (Fsp3) is 0.100. The van der Waals surface area contributed by atoms with Gasteiger partial charge in [-0.2, -0.15) is 0 Å². The first-order valence-corrected chi connectivity index (χ1v) is 4.00. The minimum Gasteiger partial charge on any atom is -0.308 e. The zero-order valence-corrected chi connectivity index (χ0v) is 7.62. The van der Waals surface area contributed by atoms with Gasteiger partial charge >= 0.3 is 0 Å². The second kappa shape index (κ2) is 4.42. The number of rotatable bonds is 2. The molecule has 0 aliphatic rings. The van der Waals surface area contributed by atoms with Gasteiger partial charge in [-0.1, -0.05) is 24.3 Å². The Morgan fingerprint density at radius 3 is 2.54 bits per heavy atom. The van der Waals surface area contributed by atoms with Crippen LogP contribution in [-0.4, -0.2) is 5.84 Å². The fourth-order valence-electron chi connectivity index (χ4n) is 0.895. The standard InChI is InChI=1S/C10H13N3/c1-3-10(13-11)12-9-6-4-8(2)5-7-9/h3-7H,1,11H2,2H3,(H,12,13). The van der Waals surface area contributed by atoms with E-state index in [-0.39, 0.29) is 0 Å². The maximum absolute atomic E-state index is 5.21. The van der Waals surface area contributed by atoms with Crippen LogP contribution in [0.15, 0.2) is 41.9 Å². The Morgan fingerprint density at radius 1 is 1.46 bits per heavy atom. The SMILES string of the molecule is C=CC(=Nc1ccc(C)cc1)NN. The van der Waals surface area contributed by atoms with E-state index in [1.54, 1.807) is 6.08 Å². The Balaban J connectivity index is 2.90. The topological polar surface area (TPSA) is 50.4 Å². The summed E-state index contributed by atoms with van der Waals surface area (Å²) in [6.07, 6.45) is 1.57. The Hall–Kier alpha value is -1.61. The summed E-state index contributed by atoms with van der Waals surface area (Å²) in [7, 11) is 0. The van der Waals surface area contributed by atoms with Crippen LogP contribution >= 0.6 is 0 Å². The molecule has 0 aliphatic heterocycles. The molecule has 0 unspecified atom stereocenters. The quantitative estimate of drug-likeness (QED) is 0.311. The molecule has 0 fully saturated rings. The Kier molecular flexibility index (Phi) is 3.23. The van der Waals surface area contributed by atoms with Gasteiger partial charge in [-0.25, -0.2) is 10.8 Å². The lowest BCUT2D eigenvalue weighted by Gasteiger charge is -1.99. The monoisotopic (exact) mass is 175 g/mol. The molecule has 0 aliphatic carbocycles. The molecule has 0 aromatic heterocycles. The summed E-state index contributed by atoms with van der Waals surface area (Å²) in [4.78, 5) is 4.20. The van der Waals surface area contributed by atoms with Crippen molar-refractivity contribution in [2.75, 3.05) is 0 Å². The summed E-state index contributed by atoms with van der Waals surface area (Å²) in [6.45, 7) is 5.60. The Labute approximate surface area is 78.0 Å². The number of aliphatic imine (C=N–C) groups is 1. The van der Waals surface area contributed by atoms with Crippen LogP contribution in [0.4, 0.5) is 5.69 Å². The molecule has 3 heteroatoms. The number of aryl methyl sites for hydroxylation is 1. The number of amidine groups is 1. The Bertz CT molecular complexity index is 311. The number of nitrogens with two attached hydrogens (primary N) is 1. The molecule has 0 atom stereocenters. The van der Waals surface area contributed by atoms with Gasteiger partial charge in [-0.3, -0.25) is 0 Å². The Morgan fingerprint density at radius 2 is 2.08 bits per heavy atom. The number of hydrogen-bond acceptors (Lipinski definition) is 2. The highest BCUT2D eigenvalue weighted by molar-refractivity contribution is 5.93. The molecule has 1 rings (SSSR count). The second-order valence-electron chi connectivity index (χ2n) is 2.68. The van der Waals surface area contributed by atoms with Crippen LogP contribution < -0.4 is 11.3 Å². The number of hydrazine groups is 1. The molecule has 0 spiro atoms. The van der Waals surface area contributed by atoms with Crippen LogP contribution in [0.5, 0.6) is 0 Å². The lowest BCUT2D eigenvalue weighted by Crippen LogP contribution is -2.28. The van der Waals surface area contributed by atoms with Crippen molar-refractivity contribution >= 4 is 11.5 Å². The largest absolute Gasteiger partial charge is 0.308 e. The molecule has 13 heavy (non-hydrogen) atoms. The third-order valence-electron chi connectivity index (χ3n) is 1.62. The molecule has 3 nitrogen and oxygen atoms in total. The summed E-state index contributed by atoms with van der Waals surface area (Å²) in [5.74, 6) is 5.77. The van der Waals surface area contributed by atoms with Crippen LogP contribution in [0, 0.1) is 6.92 Å². The summed E-state index contributed by atoms with van der Waals surface area (Å²) in [6, 6.07) is 7.85. The molecule has 1 aromatic carbocycles. The van der Waals surface area contributed by atoms with E-state index in [0.717, 1.165) is 5.69 Å². The highest BCUT2D eigenvalue weighted by Crippen LogP contribution is 2.12. The first kappa shape index (κ1) is 9.48. The first-order chi connectivity index (χ1) is 6.26. The maximum Gasteiger partial charge on any atom is 0.139 e. The van der Waals surface area contributed by atoms with E-state index >= 15 is 0 Å². The van der Waals surface area contributed by atoms with Crippen LogP contribution in [0.25, 0.3) is 0 Å². The van der Waals surface area contributed by atoms with Crippen molar-refractivity contribution in [3.8, 4) is 0 Å². The average Bonchev–Trinajstić information content (AvgIpc) is 2.17. The predicted molar refractivity (Wildman–Crippen MR) is 55.8 cm³/mol. The molecule has 3 N–H and O–H groups in total. The van der Waals surface area contributed by atoms with Gasteiger partial charge in [0.25, 0.3) is 0 Å². The zero-order chi connectivity index (χ0) is 9.68. The van der Waals surface area contributed by atoms with E-state index in [2.05, 4.69) is 17.0 Å². The molecule has 0 amide bonds. The van der Waals surface area contributed by atoms with E-state index in [9.17, 15) is 0 Å². The van der Waals surface area contributed by atoms with E-state index < -0.39 is 0 Å². The predicted octanol–water partition coefficient (Wildman–Crippen LogP) is 1.67. The van der Waals surface area contributed by atoms with Crippen molar-refractivity contribution < 1.29 is 0 Å². The van der Waals surface area contributed by atoms with Crippen molar-refractivity contribution in [3.63, 3.8) is 0 Å². The average molecular weight is 175 g/mol. The van der Waals surface area contributed by atoms with Gasteiger partial charge in [0.1, 0.15) is 5.84 Å². The normalized spacial score (nSPS) is 11.1. The molecule has 0 heterocycles. The fourth-order valence-corrected chi connectivity index (χ4v) is 0.895. The van der Waals surface area contributed by atoms with Crippen LogP contribution in [-0.2, 0) is 0 Å². The first-order valence-electron chi connectivity index (χ1n) is 4.00. The van der Waals surface area contributed by atoms with Crippen molar-refractivity contribution in [1.29, 1.82) is 0 Å². The summed E-state index contributed by atoms with van der Waals surface area (Å²) in [5, 5.41) is 0. The molecule has 0 saturated heterocycles. The van der Waals surface area contributed by atoms with Crippen LogP contribution in [0.1, 0.15) is 5.56 Å². The minimum absolute atomic E-state index is 0.559. The third-order valence-corrected chi connectivity index (χ3v) is 1.62.